The molecule has 0 amide bonds. The van der Waals surface area contributed by atoms with E-state index in [2.05, 4.69) is 49.7 Å². The van der Waals surface area contributed by atoms with Crippen molar-refractivity contribution in [2.24, 2.45) is 0 Å². The van der Waals surface area contributed by atoms with E-state index in [1.54, 1.807) is 0 Å². The molecule has 1 aromatic heterocycles. The van der Waals surface area contributed by atoms with Crippen molar-refractivity contribution < 1.29 is 0 Å². The fourth-order valence-corrected chi connectivity index (χ4v) is 2.45. The zero-order valence-corrected chi connectivity index (χ0v) is 12.0. The van der Waals surface area contributed by atoms with Crippen molar-refractivity contribution in [3.8, 4) is 0 Å². The summed E-state index contributed by atoms with van der Waals surface area (Å²) in [7, 11) is 0. The highest BCUT2D eigenvalue weighted by Gasteiger charge is 2.16. The van der Waals surface area contributed by atoms with Crippen molar-refractivity contribution in [2.45, 2.75) is 59.9 Å². The Balaban J connectivity index is 2.74. The number of aryl methyl sites for hydroxylation is 2. The van der Waals surface area contributed by atoms with Crippen molar-refractivity contribution in [3.63, 3.8) is 0 Å². The molecule has 0 saturated heterocycles. The van der Waals surface area contributed by atoms with Crippen molar-refractivity contribution in [2.75, 3.05) is 13.1 Å². The number of hydrogen-bond donors (Lipinski definition) is 1. The van der Waals surface area contributed by atoms with E-state index in [0.717, 1.165) is 26.1 Å². The Labute approximate surface area is 106 Å². The first kappa shape index (κ1) is 14.2. The lowest BCUT2D eigenvalue weighted by molar-refractivity contribution is 0.577. The molecule has 1 aromatic rings. The normalized spacial score (nSPS) is 13.0. The van der Waals surface area contributed by atoms with Gasteiger partial charge in [0.05, 0.1) is 5.69 Å². The van der Waals surface area contributed by atoms with Crippen LogP contribution in [-0.2, 0) is 6.54 Å². The zero-order valence-electron chi connectivity index (χ0n) is 12.0. The van der Waals surface area contributed by atoms with Crippen LogP contribution in [0.4, 0.5) is 0 Å². The predicted molar refractivity (Wildman–Crippen MR) is 73.6 cm³/mol. The molecular weight excluding hydrogens is 210 g/mol. The average molecular weight is 237 g/mol. The van der Waals surface area contributed by atoms with Gasteiger partial charge in [0.25, 0.3) is 0 Å². The van der Waals surface area contributed by atoms with Crippen LogP contribution in [0, 0.1) is 13.8 Å². The van der Waals surface area contributed by atoms with Gasteiger partial charge in [0.15, 0.2) is 0 Å². The van der Waals surface area contributed by atoms with E-state index in [-0.39, 0.29) is 0 Å². The van der Waals surface area contributed by atoms with Crippen molar-refractivity contribution >= 4 is 0 Å². The van der Waals surface area contributed by atoms with E-state index in [1.807, 2.05) is 0 Å². The summed E-state index contributed by atoms with van der Waals surface area (Å²) >= 11 is 0. The minimum absolute atomic E-state index is 0.548. The maximum atomic E-state index is 4.64. The van der Waals surface area contributed by atoms with Crippen LogP contribution >= 0.6 is 0 Å². The summed E-state index contributed by atoms with van der Waals surface area (Å²) in [6, 6.07) is 0. The molecule has 0 aliphatic carbocycles. The molecule has 0 aliphatic heterocycles. The van der Waals surface area contributed by atoms with Gasteiger partial charge in [-0.2, -0.15) is 5.10 Å². The molecular formula is C14H27N3. The van der Waals surface area contributed by atoms with Crippen LogP contribution in [0.3, 0.4) is 0 Å². The Morgan fingerprint density at radius 2 is 1.94 bits per heavy atom. The van der Waals surface area contributed by atoms with Gasteiger partial charge in [-0.1, -0.05) is 20.8 Å². The third kappa shape index (κ3) is 3.56. The Bertz CT molecular complexity index is 341. The van der Waals surface area contributed by atoms with Crippen LogP contribution < -0.4 is 5.32 Å². The summed E-state index contributed by atoms with van der Waals surface area (Å²) in [6.45, 7) is 14.2. The molecule has 0 aliphatic rings. The molecule has 0 saturated carbocycles. The molecule has 1 atom stereocenters. The Hall–Kier alpha value is -0.830. The van der Waals surface area contributed by atoms with Crippen LogP contribution in [0.5, 0.6) is 0 Å². The quantitative estimate of drug-likeness (QED) is 0.739. The van der Waals surface area contributed by atoms with Gasteiger partial charge in [0.1, 0.15) is 0 Å². The molecule has 0 aromatic carbocycles. The highest BCUT2D eigenvalue weighted by molar-refractivity contribution is 5.28. The van der Waals surface area contributed by atoms with Crippen molar-refractivity contribution in [1.82, 2.24) is 15.1 Å². The smallest absolute Gasteiger partial charge is 0.0631 e. The third-order valence-electron chi connectivity index (χ3n) is 3.24. The second-order valence-electron chi connectivity index (χ2n) is 4.91. The summed E-state index contributed by atoms with van der Waals surface area (Å²) < 4.78 is 2.15. The highest BCUT2D eigenvalue weighted by atomic mass is 15.3. The van der Waals surface area contributed by atoms with Crippen LogP contribution in [0.25, 0.3) is 0 Å². The van der Waals surface area contributed by atoms with Crippen LogP contribution in [0.15, 0.2) is 0 Å². The number of nitrogens with zero attached hydrogens (tertiary/aromatic N) is 2. The molecule has 1 rings (SSSR count). The van der Waals surface area contributed by atoms with Gasteiger partial charge >= 0.3 is 0 Å². The van der Waals surface area contributed by atoms with Gasteiger partial charge in [-0.3, -0.25) is 4.68 Å². The molecule has 17 heavy (non-hydrogen) atoms. The topological polar surface area (TPSA) is 29.9 Å². The highest BCUT2D eigenvalue weighted by Crippen LogP contribution is 2.22. The largest absolute Gasteiger partial charge is 0.316 e. The Kier molecular flexibility index (Phi) is 5.69. The molecule has 1 heterocycles. The molecule has 3 nitrogen and oxygen atoms in total. The monoisotopic (exact) mass is 237 g/mol. The second kappa shape index (κ2) is 6.80. The average Bonchev–Trinajstić information content (AvgIpc) is 2.55. The van der Waals surface area contributed by atoms with E-state index in [9.17, 15) is 0 Å². The molecule has 0 fully saturated rings. The second-order valence-corrected chi connectivity index (χ2v) is 4.91. The minimum Gasteiger partial charge on any atom is -0.316 e. The fraction of sp³-hybridized carbons (Fsp3) is 0.786. The van der Waals surface area contributed by atoms with E-state index >= 15 is 0 Å². The first-order valence-electron chi connectivity index (χ1n) is 6.86. The third-order valence-corrected chi connectivity index (χ3v) is 3.24. The molecule has 3 heteroatoms. The van der Waals surface area contributed by atoms with Gasteiger partial charge in [-0.25, -0.2) is 0 Å². The lowest BCUT2D eigenvalue weighted by Crippen LogP contribution is -2.21. The number of nitrogens with one attached hydrogen (secondary N) is 1. The zero-order chi connectivity index (χ0) is 12.8. The van der Waals surface area contributed by atoms with Gasteiger partial charge in [0, 0.05) is 18.8 Å². The minimum atomic E-state index is 0.548. The first-order chi connectivity index (χ1) is 8.11. The van der Waals surface area contributed by atoms with Crippen molar-refractivity contribution in [1.29, 1.82) is 0 Å². The van der Waals surface area contributed by atoms with Crippen molar-refractivity contribution in [3.05, 3.63) is 17.0 Å². The molecule has 0 spiro atoms. The standard InChI is InChI=1S/C14H27N3/c1-6-8-15-10-11(3)14-12(4)16-17(9-7-2)13(14)5/h11,15H,6-10H2,1-5H3. The maximum Gasteiger partial charge on any atom is 0.0631 e. The molecule has 98 valence electrons. The Morgan fingerprint density at radius 1 is 1.24 bits per heavy atom. The molecule has 1 unspecified atom stereocenters. The summed E-state index contributed by atoms with van der Waals surface area (Å²) in [5.74, 6) is 0.548. The first-order valence-corrected chi connectivity index (χ1v) is 6.86. The predicted octanol–water partition coefficient (Wildman–Crippen LogP) is 3.01. The van der Waals surface area contributed by atoms with E-state index in [1.165, 1.54) is 23.4 Å². The SMILES string of the molecule is CCCNCC(C)c1c(C)nn(CCC)c1C. The van der Waals surface area contributed by atoms with Gasteiger partial charge < -0.3 is 5.32 Å². The summed E-state index contributed by atoms with van der Waals surface area (Å²) in [6.07, 6.45) is 2.34. The van der Waals surface area contributed by atoms with Gasteiger partial charge in [-0.15, -0.1) is 0 Å². The molecule has 1 N–H and O–H groups in total. The number of aromatic nitrogens is 2. The van der Waals surface area contributed by atoms with Crippen LogP contribution in [0.1, 0.15) is 56.5 Å². The molecule has 0 radical (unpaired) electrons. The lowest BCUT2D eigenvalue weighted by atomic mass is 9.99. The van der Waals surface area contributed by atoms with Crippen LogP contribution in [0.2, 0.25) is 0 Å². The van der Waals surface area contributed by atoms with Gasteiger partial charge in [-0.05, 0) is 44.7 Å². The molecule has 0 bridgehead atoms. The summed E-state index contributed by atoms with van der Waals surface area (Å²) in [5.41, 5.74) is 3.97. The Morgan fingerprint density at radius 3 is 2.53 bits per heavy atom. The van der Waals surface area contributed by atoms with Crippen LogP contribution in [-0.4, -0.2) is 22.9 Å². The number of hydrogen-bond acceptors (Lipinski definition) is 2. The maximum absolute atomic E-state index is 4.64. The fourth-order valence-electron chi connectivity index (χ4n) is 2.45. The number of rotatable bonds is 7. The van der Waals surface area contributed by atoms with E-state index in [4.69, 9.17) is 0 Å². The van der Waals surface area contributed by atoms with E-state index in [0.29, 0.717) is 5.92 Å². The lowest BCUT2D eigenvalue weighted by Gasteiger charge is -2.13. The van der Waals surface area contributed by atoms with Gasteiger partial charge in [0.2, 0.25) is 0 Å². The van der Waals surface area contributed by atoms with E-state index < -0.39 is 0 Å². The summed E-state index contributed by atoms with van der Waals surface area (Å²) in [4.78, 5) is 0. The summed E-state index contributed by atoms with van der Waals surface area (Å²) in [5, 5.41) is 8.13.